The van der Waals surface area contributed by atoms with E-state index in [9.17, 15) is 4.79 Å². The Morgan fingerprint density at radius 1 is 1.25 bits per heavy atom. The Balaban J connectivity index is 1.64. The van der Waals surface area contributed by atoms with Gasteiger partial charge in [-0.05, 0) is 31.6 Å². The first kappa shape index (κ1) is 11.9. The van der Waals surface area contributed by atoms with E-state index in [-0.39, 0.29) is 0 Å². The summed E-state index contributed by atoms with van der Waals surface area (Å²) in [5, 5.41) is 3.30. The van der Waals surface area contributed by atoms with Gasteiger partial charge in [-0.25, -0.2) is 0 Å². The van der Waals surface area contributed by atoms with E-state index in [2.05, 4.69) is 12.2 Å². The van der Waals surface area contributed by atoms with Crippen molar-refractivity contribution in [2.45, 2.75) is 51.5 Å². The molecular weight excluding hydrogens is 200 g/mol. The van der Waals surface area contributed by atoms with Crippen molar-refractivity contribution in [1.82, 2.24) is 10.2 Å². The lowest BCUT2D eigenvalue weighted by atomic mass is 9.92. The van der Waals surface area contributed by atoms with Crippen LogP contribution in [-0.4, -0.2) is 36.5 Å². The summed E-state index contributed by atoms with van der Waals surface area (Å²) in [7, 11) is 0. The smallest absolute Gasteiger partial charge is 0.236 e. The lowest BCUT2D eigenvalue weighted by Gasteiger charge is -2.32. The summed E-state index contributed by atoms with van der Waals surface area (Å²) in [5.74, 6) is 1.17. The summed E-state index contributed by atoms with van der Waals surface area (Å²) in [5.41, 5.74) is 0. The maximum absolute atomic E-state index is 11.9. The lowest BCUT2D eigenvalue weighted by Crippen LogP contribution is -2.43. The molecule has 16 heavy (non-hydrogen) atoms. The van der Waals surface area contributed by atoms with Crippen molar-refractivity contribution in [3.05, 3.63) is 0 Å². The molecule has 1 aliphatic heterocycles. The number of amides is 1. The molecule has 0 radical (unpaired) electrons. The fraction of sp³-hybridized carbons (Fsp3) is 0.923. The standard InChI is InChI=1S/C13H24N2O/c1-2-3-11-6-8-15(9-7-11)13(16)10-14-12-4-5-12/h11-12,14H,2-10H2,1H3. The average molecular weight is 224 g/mol. The summed E-state index contributed by atoms with van der Waals surface area (Å²) in [4.78, 5) is 13.9. The number of nitrogens with one attached hydrogen (secondary N) is 1. The highest BCUT2D eigenvalue weighted by atomic mass is 16.2. The number of piperidine rings is 1. The zero-order valence-electron chi connectivity index (χ0n) is 10.4. The third-order valence-electron chi connectivity index (χ3n) is 3.78. The van der Waals surface area contributed by atoms with Crippen LogP contribution in [0.15, 0.2) is 0 Å². The van der Waals surface area contributed by atoms with E-state index in [1.54, 1.807) is 0 Å². The van der Waals surface area contributed by atoms with Crippen LogP contribution in [0.4, 0.5) is 0 Å². The molecule has 0 aromatic heterocycles. The Morgan fingerprint density at radius 2 is 1.94 bits per heavy atom. The number of nitrogens with zero attached hydrogens (tertiary/aromatic N) is 1. The molecule has 92 valence electrons. The van der Waals surface area contributed by atoms with Gasteiger partial charge in [-0.15, -0.1) is 0 Å². The van der Waals surface area contributed by atoms with Gasteiger partial charge in [0.05, 0.1) is 6.54 Å². The van der Waals surface area contributed by atoms with E-state index in [0.717, 1.165) is 19.0 Å². The molecule has 3 heteroatoms. The molecule has 1 heterocycles. The molecule has 0 aromatic rings. The van der Waals surface area contributed by atoms with E-state index >= 15 is 0 Å². The third kappa shape index (κ3) is 3.48. The molecule has 1 amide bonds. The van der Waals surface area contributed by atoms with Crippen molar-refractivity contribution in [2.75, 3.05) is 19.6 Å². The molecule has 0 atom stereocenters. The molecular formula is C13H24N2O. The van der Waals surface area contributed by atoms with E-state index in [1.807, 2.05) is 4.90 Å². The zero-order valence-corrected chi connectivity index (χ0v) is 10.4. The highest BCUT2D eigenvalue weighted by Crippen LogP contribution is 2.22. The fourth-order valence-corrected chi connectivity index (χ4v) is 2.51. The van der Waals surface area contributed by atoms with Gasteiger partial charge in [0.1, 0.15) is 0 Å². The summed E-state index contributed by atoms with van der Waals surface area (Å²) in [6.45, 7) is 4.77. The fourth-order valence-electron chi connectivity index (χ4n) is 2.51. The number of likely N-dealkylation sites (tertiary alicyclic amines) is 1. The molecule has 0 bridgehead atoms. The van der Waals surface area contributed by atoms with Crippen LogP contribution < -0.4 is 5.32 Å². The van der Waals surface area contributed by atoms with Crippen LogP contribution in [0, 0.1) is 5.92 Å². The lowest BCUT2D eigenvalue weighted by molar-refractivity contribution is -0.131. The van der Waals surface area contributed by atoms with Gasteiger partial charge in [0.15, 0.2) is 0 Å². The quantitative estimate of drug-likeness (QED) is 0.772. The largest absolute Gasteiger partial charge is 0.342 e. The number of hydrogen-bond acceptors (Lipinski definition) is 2. The molecule has 2 rings (SSSR count). The number of carbonyl (C=O) groups is 1. The van der Waals surface area contributed by atoms with Crippen LogP contribution in [0.25, 0.3) is 0 Å². The second-order valence-corrected chi connectivity index (χ2v) is 5.27. The second-order valence-electron chi connectivity index (χ2n) is 5.27. The number of carbonyl (C=O) groups excluding carboxylic acids is 1. The van der Waals surface area contributed by atoms with Crippen molar-refractivity contribution in [2.24, 2.45) is 5.92 Å². The van der Waals surface area contributed by atoms with Gasteiger partial charge < -0.3 is 10.2 Å². The van der Waals surface area contributed by atoms with Gasteiger partial charge in [0.25, 0.3) is 0 Å². The molecule has 1 saturated heterocycles. The van der Waals surface area contributed by atoms with Crippen LogP contribution in [-0.2, 0) is 4.79 Å². The zero-order chi connectivity index (χ0) is 11.4. The monoisotopic (exact) mass is 224 g/mol. The first-order valence-corrected chi connectivity index (χ1v) is 6.80. The third-order valence-corrected chi connectivity index (χ3v) is 3.78. The Hall–Kier alpha value is -0.570. The molecule has 3 nitrogen and oxygen atoms in total. The van der Waals surface area contributed by atoms with Gasteiger partial charge in [0, 0.05) is 19.1 Å². The Morgan fingerprint density at radius 3 is 2.50 bits per heavy atom. The van der Waals surface area contributed by atoms with Gasteiger partial charge in [-0.2, -0.15) is 0 Å². The van der Waals surface area contributed by atoms with Crippen molar-refractivity contribution in [1.29, 1.82) is 0 Å². The highest BCUT2D eigenvalue weighted by Gasteiger charge is 2.25. The minimum atomic E-state index is 0.307. The van der Waals surface area contributed by atoms with E-state index < -0.39 is 0 Å². The van der Waals surface area contributed by atoms with E-state index in [4.69, 9.17) is 0 Å². The van der Waals surface area contributed by atoms with Gasteiger partial charge in [-0.3, -0.25) is 4.79 Å². The molecule has 1 saturated carbocycles. The summed E-state index contributed by atoms with van der Waals surface area (Å²) in [6, 6.07) is 0.640. The number of rotatable bonds is 5. The maximum Gasteiger partial charge on any atom is 0.236 e. The predicted molar refractivity (Wildman–Crippen MR) is 65.2 cm³/mol. The topological polar surface area (TPSA) is 32.3 Å². The Kier molecular flexibility index (Phi) is 4.22. The summed E-state index contributed by atoms with van der Waals surface area (Å²) < 4.78 is 0. The van der Waals surface area contributed by atoms with Crippen LogP contribution in [0.2, 0.25) is 0 Å². The summed E-state index contributed by atoms with van der Waals surface area (Å²) in [6.07, 6.45) is 7.55. The van der Waals surface area contributed by atoms with Crippen LogP contribution >= 0.6 is 0 Å². The molecule has 1 aliphatic carbocycles. The van der Waals surface area contributed by atoms with Crippen molar-refractivity contribution in [3.8, 4) is 0 Å². The molecule has 2 fully saturated rings. The molecule has 0 spiro atoms. The number of hydrogen-bond donors (Lipinski definition) is 1. The van der Waals surface area contributed by atoms with E-state index in [1.165, 1.54) is 38.5 Å². The predicted octanol–water partition coefficient (Wildman–Crippen LogP) is 1.78. The van der Waals surface area contributed by atoms with Crippen LogP contribution in [0.5, 0.6) is 0 Å². The maximum atomic E-state index is 11.9. The van der Waals surface area contributed by atoms with Crippen molar-refractivity contribution < 1.29 is 4.79 Å². The van der Waals surface area contributed by atoms with Gasteiger partial charge in [0.2, 0.25) is 5.91 Å². The van der Waals surface area contributed by atoms with Gasteiger partial charge >= 0.3 is 0 Å². The first-order valence-electron chi connectivity index (χ1n) is 6.80. The SMILES string of the molecule is CCCC1CCN(C(=O)CNC2CC2)CC1. The van der Waals surface area contributed by atoms with Crippen LogP contribution in [0.1, 0.15) is 45.4 Å². The van der Waals surface area contributed by atoms with Gasteiger partial charge in [-0.1, -0.05) is 19.8 Å². The molecule has 0 unspecified atom stereocenters. The Labute approximate surface area is 98.6 Å². The molecule has 2 aliphatic rings. The normalized spacial score (nSPS) is 22.4. The second kappa shape index (κ2) is 5.67. The first-order chi connectivity index (χ1) is 7.79. The minimum absolute atomic E-state index is 0.307. The Bertz CT molecular complexity index is 230. The molecule has 0 aromatic carbocycles. The van der Waals surface area contributed by atoms with Crippen molar-refractivity contribution in [3.63, 3.8) is 0 Å². The summed E-state index contributed by atoms with van der Waals surface area (Å²) >= 11 is 0. The molecule has 1 N–H and O–H groups in total. The highest BCUT2D eigenvalue weighted by molar-refractivity contribution is 5.78. The van der Waals surface area contributed by atoms with Crippen molar-refractivity contribution >= 4 is 5.91 Å². The average Bonchev–Trinajstić information content (AvgIpc) is 3.11. The van der Waals surface area contributed by atoms with E-state index in [0.29, 0.717) is 18.5 Å². The van der Waals surface area contributed by atoms with Crippen LogP contribution in [0.3, 0.4) is 0 Å². The minimum Gasteiger partial charge on any atom is -0.342 e.